The zero-order valence-electron chi connectivity index (χ0n) is 23.5. The summed E-state index contributed by atoms with van der Waals surface area (Å²) in [5.41, 5.74) is 2.75. The molecule has 0 bridgehead atoms. The van der Waals surface area contributed by atoms with Crippen LogP contribution in [0.5, 0.6) is 0 Å². The lowest BCUT2D eigenvalue weighted by molar-refractivity contribution is -0.138. The molecule has 0 aliphatic rings. The minimum atomic E-state index is -1.20. The Kier molecular flexibility index (Phi) is 10.8. The fourth-order valence-electron chi connectivity index (χ4n) is 4.92. The third-order valence-corrected chi connectivity index (χ3v) is 6.93. The van der Waals surface area contributed by atoms with Crippen molar-refractivity contribution >= 4 is 23.7 Å². The maximum absolute atomic E-state index is 13.1. The molecule has 4 aromatic carbocycles. The molecule has 9 nitrogen and oxygen atoms in total. The van der Waals surface area contributed by atoms with Crippen molar-refractivity contribution in [1.29, 1.82) is 0 Å². The second kappa shape index (κ2) is 15.1. The zero-order chi connectivity index (χ0) is 30.5. The van der Waals surface area contributed by atoms with Gasteiger partial charge in [0.25, 0.3) is 0 Å². The number of rotatable bonds is 14. The van der Waals surface area contributed by atoms with E-state index in [4.69, 9.17) is 5.11 Å². The van der Waals surface area contributed by atoms with Crippen LogP contribution in [-0.4, -0.2) is 54.5 Å². The van der Waals surface area contributed by atoms with Gasteiger partial charge in [-0.15, -0.1) is 0 Å². The fraction of sp³-hybridized carbons (Fsp3) is 0.176. The predicted molar refractivity (Wildman–Crippen MR) is 163 cm³/mol. The number of aliphatic carboxylic acids is 1. The van der Waals surface area contributed by atoms with Crippen LogP contribution in [0.25, 0.3) is 0 Å². The highest BCUT2D eigenvalue weighted by molar-refractivity contribution is 5.91. The largest absolute Gasteiger partial charge is 0.480 e. The summed E-state index contributed by atoms with van der Waals surface area (Å²) in [7, 11) is 0. The van der Waals surface area contributed by atoms with Crippen LogP contribution in [0.4, 0.5) is 0 Å². The minimum absolute atomic E-state index is 0.113. The number of benzene rings is 4. The Bertz CT molecular complexity index is 1400. The maximum atomic E-state index is 13.1. The van der Waals surface area contributed by atoms with Gasteiger partial charge in [-0.2, -0.15) is 0 Å². The van der Waals surface area contributed by atoms with E-state index in [1.165, 1.54) is 0 Å². The third kappa shape index (κ3) is 8.37. The molecule has 5 N–H and O–H groups in total. The van der Waals surface area contributed by atoms with Crippen LogP contribution in [0.2, 0.25) is 0 Å². The highest BCUT2D eigenvalue weighted by atomic mass is 16.4. The van der Waals surface area contributed by atoms with E-state index in [1.807, 2.05) is 97.1 Å². The van der Waals surface area contributed by atoms with Crippen LogP contribution >= 0.6 is 0 Å². The van der Waals surface area contributed by atoms with E-state index in [-0.39, 0.29) is 19.5 Å². The van der Waals surface area contributed by atoms with Crippen molar-refractivity contribution in [1.82, 2.24) is 21.3 Å². The molecule has 3 amide bonds. The SMILES string of the molecule is O=C(O)CNC(=O)[C@H](Cc1ccccc1)NC(=O)CNC(=O)CNC(c1ccccc1)(c1ccccc1)c1ccccc1. The standard InChI is InChI=1S/C34H34N4O5/c39-30(35-22-31(40)38-29(33(43)36-24-32(41)42)21-25-13-5-1-6-14-25)23-37-34(26-15-7-2-8-16-26,27-17-9-3-10-18-27)28-19-11-4-12-20-28/h1-20,29,37H,21-24H2,(H,35,39)(H,36,43)(H,38,40)(H,41,42)/t29-/m0/s1. The number of carbonyl (C=O) groups is 4. The van der Waals surface area contributed by atoms with Crippen molar-refractivity contribution in [3.05, 3.63) is 144 Å². The third-order valence-electron chi connectivity index (χ3n) is 6.93. The molecule has 0 saturated heterocycles. The molecular formula is C34H34N4O5. The van der Waals surface area contributed by atoms with Gasteiger partial charge in [0.2, 0.25) is 17.7 Å². The summed E-state index contributed by atoms with van der Waals surface area (Å²) in [6, 6.07) is 37.5. The Balaban J connectivity index is 1.46. The van der Waals surface area contributed by atoms with Crippen molar-refractivity contribution in [3.63, 3.8) is 0 Å². The van der Waals surface area contributed by atoms with Gasteiger partial charge >= 0.3 is 5.97 Å². The molecule has 0 spiro atoms. The Morgan fingerprint density at radius 2 is 1.05 bits per heavy atom. The first-order valence-electron chi connectivity index (χ1n) is 13.9. The Labute approximate surface area is 250 Å². The van der Waals surface area contributed by atoms with Gasteiger partial charge in [0.05, 0.1) is 18.6 Å². The molecule has 0 radical (unpaired) electrons. The van der Waals surface area contributed by atoms with Crippen LogP contribution in [0.15, 0.2) is 121 Å². The molecule has 220 valence electrons. The number of hydrogen-bond donors (Lipinski definition) is 5. The second-order valence-corrected chi connectivity index (χ2v) is 9.90. The molecular weight excluding hydrogens is 544 g/mol. The second-order valence-electron chi connectivity index (χ2n) is 9.90. The van der Waals surface area contributed by atoms with Crippen LogP contribution in [0.3, 0.4) is 0 Å². The number of hydrogen-bond acceptors (Lipinski definition) is 5. The van der Waals surface area contributed by atoms with Gasteiger partial charge in [-0.3, -0.25) is 24.5 Å². The van der Waals surface area contributed by atoms with Gasteiger partial charge in [0.1, 0.15) is 12.6 Å². The van der Waals surface area contributed by atoms with Crippen LogP contribution < -0.4 is 21.3 Å². The van der Waals surface area contributed by atoms with Crippen molar-refractivity contribution in [2.75, 3.05) is 19.6 Å². The first-order chi connectivity index (χ1) is 20.9. The Hall–Kier alpha value is -5.28. The van der Waals surface area contributed by atoms with Gasteiger partial charge in [0.15, 0.2) is 0 Å². The fourth-order valence-corrected chi connectivity index (χ4v) is 4.92. The van der Waals surface area contributed by atoms with Crippen LogP contribution in [0, 0.1) is 0 Å². The summed E-state index contributed by atoms with van der Waals surface area (Å²) in [4.78, 5) is 49.5. The number of carboxylic acids is 1. The summed E-state index contributed by atoms with van der Waals surface area (Å²) in [6.07, 6.45) is 0.154. The Morgan fingerprint density at radius 3 is 1.51 bits per heavy atom. The van der Waals surface area contributed by atoms with E-state index in [1.54, 1.807) is 24.3 Å². The van der Waals surface area contributed by atoms with Crippen LogP contribution in [-0.2, 0) is 31.1 Å². The molecule has 4 aromatic rings. The van der Waals surface area contributed by atoms with Crippen molar-refractivity contribution in [2.24, 2.45) is 0 Å². The van der Waals surface area contributed by atoms with Crippen LogP contribution in [0.1, 0.15) is 22.3 Å². The molecule has 1 atom stereocenters. The van der Waals surface area contributed by atoms with Gasteiger partial charge < -0.3 is 21.1 Å². The molecule has 0 saturated carbocycles. The molecule has 9 heteroatoms. The zero-order valence-corrected chi connectivity index (χ0v) is 23.5. The van der Waals surface area contributed by atoms with E-state index in [0.717, 1.165) is 22.3 Å². The molecule has 0 aliphatic carbocycles. The molecule has 4 rings (SSSR count). The topological polar surface area (TPSA) is 137 Å². The first kappa shape index (κ1) is 30.7. The number of nitrogens with one attached hydrogen (secondary N) is 4. The quantitative estimate of drug-likeness (QED) is 0.146. The summed E-state index contributed by atoms with van der Waals surface area (Å²) in [5.74, 6) is -2.83. The normalized spacial score (nSPS) is 11.6. The molecule has 0 aliphatic heterocycles. The van der Waals surface area contributed by atoms with E-state index in [0.29, 0.717) is 0 Å². The molecule has 0 fully saturated rings. The highest BCUT2D eigenvalue weighted by Crippen LogP contribution is 2.36. The summed E-state index contributed by atoms with van der Waals surface area (Å²) in [5, 5.41) is 19.9. The maximum Gasteiger partial charge on any atom is 0.322 e. The predicted octanol–water partition coefficient (Wildman–Crippen LogP) is 2.61. The van der Waals surface area contributed by atoms with Gasteiger partial charge in [-0.05, 0) is 22.3 Å². The lowest BCUT2D eigenvalue weighted by Crippen LogP contribution is -2.52. The first-order valence-corrected chi connectivity index (χ1v) is 13.9. The molecule has 0 heterocycles. The van der Waals surface area contributed by atoms with Crippen molar-refractivity contribution < 1.29 is 24.3 Å². The lowest BCUT2D eigenvalue weighted by Gasteiger charge is -2.37. The van der Waals surface area contributed by atoms with E-state index < -0.39 is 41.8 Å². The summed E-state index contributed by atoms with van der Waals surface area (Å²) < 4.78 is 0. The van der Waals surface area contributed by atoms with E-state index in [9.17, 15) is 19.2 Å². The van der Waals surface area contributed by atoms with Gasteiger partial charge in [0, 0.05) is 6.42 Å². The minimum Gasteiger partial charge on any atom is -0.480 e. The van der Waals surface area contributed by atoms with Gasteiger partial charge in [-0.25, -0.2) is 0 Å². The van der Waals surface area contributed by atoms with E-state index in [2.05, 4.69) is 21.3 Å². The highest BCUT2D eigenvalue weighted by Gasteiger charge is 2.36. The lowest BCUT2D eigenvalue weighted by atomic mass is 9.77. The summed E-state index contributed by atoms with van der Waals surface area (Å²) in [6.45, 7) is -1.06. The Morgan fingerprint density at radius 1 is 0.581 bits per heavy atom. The number of amides is 3. The monoisotopic (exact) mass is 578 g/mol. The van der Waals surface area contributed by atoms with Gasteiger partial charge in [-0.1, -0.05) is 121 Å². The molecule has 0 aromatic heterocycles. The average molecular weight is 579 g/mol. The molecule has 43 heavy (non-hydrogen) atoms. The number of carbonyl (C=O) groups excluding carboxylic acids is 3. The smallest absolute Gasteiger partial charge is 0.322 e. The van der Waals surface area contributed by atoms with E-state index >= 15 is 0 Å². The van der Waals surface area contributed by atoms with Crippen molar-refractivity contribution in [2.45, 2.75) is 18.0 Å². The summed E-state index contributed by atoms with van der Waals surface area (Å²) >= 11 is 0. The average Bonchev–Trinajstić information content (AvgIpc) is 3.04. The molecule has 0 unspecified atom stereocenters. The van der Waals surface area contributed by atoms with Crippen molar-refractivity contribution in [3.8, 4) is 0 Å². The number of carboxylic acid groups (broad SMARTS) is 1.